The van der Waals surface area contributed by atoms with Gasteiger partial charge in [-0.3, -0.25) is 9.36 Å². The van der Waals surface area contributed by atoms with Gasteiger partial charge in [0.2, 0.25) is 5.91 Å². The number of allylic oxidation sites excluding steroid dienone is 17. The molecule has 3 unspecified atom stereocenters. The first kappa shape index (κ1) is 80.2. The number of rotatable bonds is 63. The number of amides is 1. The molecule has 0 bridgehead atoms. The Morgan fingerprint density at radius 3 is 1.12 bits per heavy atom. The molecule has 0 radical (unpaired) electrons. The number of carbonyl (C=O) groups is 1. The molecule has 0 aromatic rings. The minimum Gasteiger partial charge on any atom is -0.756 e. The quantitative estimate of drug-likeness (QED) is 0.0272. The van der Waals surface area contributed by atoms with Crippen molar-refractivity contribution in [3.63, 3.8) is 0 Å². The van der Waals surface area contributed by atoms with E-state index in [1.54, 1.807) is 6.08 Å². The number of phosphoric acid groups is 1. The van der Waals surface area contributed by atoms with Gasteiger partial charge in [0, 0.05) is 6.42 Å². The normalized spacial score (nSPS) is 14.3. The molecule has 0 heterocycles. The molecule has 0 aliphatic rings. The zero-order chi connectivity index (χ0) is 60.5. The van der Waals surface area contributed by atoms with Gasteiger partial charge in [-0.2, -0.15) is 0 Å². The molecule has 0 aromatic heterocycles. The van der Waals surface area contributed by atoms with Crippen LogP contribution >= 0.6 is 7.82 Å². The lowest BCUT2D eigenvalue weighted by Crippen LogP contribution is -2.45. The predicted molar refractivity (Wildman–Crippen MR) is 362 cm³/mol. The SMILES string of the molecule is CC/C=C\C/C=C\C/C=C\C/C=C\C/C=C\C/C=C\CCCCCCCCCCCCCCCCCCC(=O)NC(COP(=O)([O-])OCC[N+](C)(C)C)C(O)/C=C/CC/C=C/CC/C=C/CCCCCCCCCCCCCCCCCC. The Morgan fingerprint density at radius 2 is 0.747 bits per heavy atom. The number of nitrogens with one attached hydrogen (secondary N) is 1. The zero-order valence-electron chi connectivity index (χ0n) is 54.9. The van der Waals surface area contributed by atoms with Crippen LogP contribution < -0.4 is 10.2 Å². The summed E-state index contributed by atoms with van der Waals surface area (Å²) in [7, 11) is 1.23. The average molecular weight is 1180 g/mol. The molecule has 0 aliphatic carbocycles. The number of unbranched alkanes of at least 4 members (excludes halogenated alkanes) is 34. The molecular formula is C74H133N2O6P. The Morgan fingerprint density at radius 1 is 0.434 bits per heavy atom. The van der Waals surface area contributed by atoms with Crippen molar-refractivity contribution in [3.8, 4) is 0 Å². The molecule has 8 nitrogen and oxygen atoms in total. The fourth-order valence-corrected chi connectivity index (χ4v) is 10.6. The largest absolute Gasteiger partial charge is 0.756 e. The molecule has 480 valence electrons. The number of quaternary nitrogens is 1. The molecule has 2 N–H and O–H groups in total. The number of aliphatic hydroxyl groups is 1. The Labute approximate surface area is 514 Å². The Kier molecular flexibility index (Phi) is 61.5. The Balaban J connectivity index is 4.13. The van der Waals surface area contributed by atoms with Crippen LogP contribution in [0.15, 0.2) is 109 Å². The highest BCUT2D eigenvalue weighted by Crippen LogP contribution is 2.38. The van der Waals surface area contributed by atoms with Gasteiger partial charge < -0.3 is 28.8 Å². The van der Waals surface area contributed by atoms with Crippen molar-refractivity contribution in [2.45, 2.75) is 315 Å². The third kappa shape index (κ3) is 66.5. The van der Waals surface area contributed by atoms with E-state index >= 15 is 0 Å². The van der Waals surface area contributed by atoms with E-state index < -0.39 is 26.6 Å². The lowest BCUT2D eigenvalue weighted by atomic mass is 10.0. The molecule has 0 spiro atoms. The van der Waals surface area contributed by atoms with Gasteiger partial charge in [-0.1, -0.05) is 309 Å². The maximum atomic E-state index is 13.0. The summed E-state index contributed by atoms with van der Waals surface area (Å²) < 4.78 is 23.4. The van der Waals surface area contributed by atoms with Crippen LogP contribution in [0.2, 0.25) is 0 Å². The Bertz CT molecular complexity index is 1720. The molecule has 0 saturated carbocycles. The first-order chi connectivity index (χ1) is 40.5. The molecule has 1 amide bonds. The summed E-state index contributed by atoms with van der Waals surface area (Å²) in [6.45, 7) is 4.53. The molecule has 0 rings (SSSR count). The lowest BCUT2D eigenvalue weighted by Gasteiger charge is -2.29. The van der Waals surface area contributed by atoms with E-state index in [0.717, 1.165) is 83.5 Å². The van der Waals surface area contributed by atoms with E-state index in [1.165, 1.54) is 199 Å². The van der Waals surface area contributed by atoms with Gasteiger partial charge in [0.15, 0.2) is 0 Å². The van der Waals surface area contributed by atoms with Crippen LogP contribution in [0, 0.1) is 0 Å². The van der Waals surface area contributed by atoms with E-state index in [0.29, 0.717) is 17.4 Å². The monoisotopic (exact) mass is 1180 g/mol. The smallest absolute Gasteiger partial charge is 0.268 e. The van der Waals surface area contributed by atoms with E-state index in [4.69, 9.17) is 9.05 Å². The van der Waals surface area contributed by atoms with Gasteiger partial charge in [-0.15, -0.1) is 0 Å². The van der Waals surface area contributed by atoms with Gasteiger partial charge in [0.25, 0.3) is 7.82 Å². The standard InChI is InChI=1S/C74H133N2O6P/c1-6-8-10-12-14-16-18-20-22-24-26-28-30-32-34-35-36-37-38-39-40-41-42-44-46-48-50-52-54-56-58-60-62-64-66-68-74(78)75-72(71-82-83(79,80)81-70-69-76(3,4)5)73(77)67-65-63-61-59-57-55-53-51-49-47-45-43-33-31-29-27-25-23-21-19-17-15-13-11-9-7-2/h8,10,14,16,20,22,26,28,32,34,36-37,49,51,57,59,65,67,72-73,77H,6-7,9,11-13,15,17-19,21,23-25,27,29-31,33,35,38-48,50,52-56,58,60-64,66,68-71H2,1-5H3,(H-,75,78,79,80)/b10-8-,16-14-,22-20-,28-26-,34-32-,37-36-,51-49+,59-57+,67-65+. The number of carbonyl (C=O) groups excluding carboxylic acids is 1. The van der Waals surface area contributed by atoms with E-state index in [2.05, 4.69) is 116 Å². The highest BCUT2D eigenvalue weighted by atomic mass is 31.2. The molecule has 3 atom stereocenters. The zero-order valence-corrected chi connectivity index (χ0v) is 55.8. The van der Waals surface area contributed by atoms with Crippen LogP contribution in [0.25, 0.3) is 0 Å². The third-order valence-electron chi connectivity index (χ3n) is 15.2. The van der Waals surface area contributed by atoms with Crippen LogP contribution in [-0.4, -0.2) is 68.5 Å². The predicted octanol–water partition coefficient (Wildman–Crippen LogP) is 21.6. The summed E-state index contributed by atoms with van der Waals surface area (Å²) in [6.07, 6.45) is 93.5. The second-order valence-electron chi connectivity index (χ2n) is 24.5. The molecule has 0 saturated heterocycles. The Hall–Kier alpha value is -2.84. The van der Waals surface area contributed by atoms with Crippen LogP contribution in [0.5, 0.6) is 0 Å². The summed E-state index contributed by atoms with van der Waals surface area (Å²) in [6, 6.07) is -0.917. The van der Waals surface area contributed by atoms with Crippen molar-refractivity contribution < 1.29 is 32.9 Å². The summed E-state index contributed by atoms with van der Waals surface area (Å²) in [5, 5.41) is 13.9. The molecule has 9 heteroatoms. The van der Waals surface area contributed by atoms with Crippen molar-refractivity contribution in [1.29, 1.82) is 0 Å². The molecule has 0 aromatic carbocycles. The minimum atomic E-state index is -4.62. The second kappa shape index (κ2) is 63.7. The average Bonchev–Trinajstić information content (AvgIpc) is 3.49. The van der Waals surface area contributed by atoms with Crippen molar-refractivity contribution in [2.24, 2.45) is 0 Å². The van der Waals surface area contributed by atoms with Crippen molar-refractivity contribution in [1.82, 2.24) is 5.32 Å². The lowest BCUT2D eigenvalue weighted by molar-refractivity contribution is -0.870. The van der Waals surface area contributed by atoms with Crippen LogP contribution in [-0.2, 0) is 18.4 Å². The highest BCUT2D eigenvalue weighted by molar-refractivity contribution is 7.45. The topological polar surface area (TPSA) is 108 Å². The van der Waals surface area contributed by atoms with Gasteiger partial charge in [0.05, 0.1) is 39.9 Å². The number of phosphoric ester groups is 1. The minimum absolute atomic E-state index is 0.0123. The fourth-order valence-electron chi connectivity index (χ4n) is 9.84. The summed E-state index contributed by atoms with van der Waals surface area (Å²) in [4.78, 5) is 25.6. The number of hydrogen-bond acceptors (Lipinski definition) is 6. The maximum Gasteiger partial charge on any atom is 0.268 e. The number of aliphatic hydroxyl groups excluding tert-OH is 1. The summed E-state index contributed by atoms with van der Waals surface area (Å²) in [5.41, 5.74) is 0. The van der Waals surface area contributed by atoms with Gasteiger partial charge in [-0.05, 0) is 96.3 Å². The van der Waals surface area contributed by atoms with Gasteiger partial charge in [0.1, 0.15) is 13.2 Å². The van der Waals surface area contributed by atoms with E-state index in [-0.39, 0.29) is 12.5 Å². The maximum absolute atomic E-state index is 13.0. The van der Waals surface area contributed by atoms with Gasteiger partial charge in [-0.25, -0.2) is 0 Å². The first-order valence-electron chi connectivity index (χ1n) is 34.7. The first-order valence-corrected chi connectivity index (χ1v) is 36.2. The number of hydrogen-bond donors (Lipinski definition) is 2. The summed E-state index contributed by atoms with van der Waals surface area (Å²) >= 11 is 0. The molecule has 83 heavy (non-hydrogen) atoms. The van der Waals surface area contributed by atoms with Crippen LogP contribution in [0.1, 0.15) is 303 Å². The van der Waals surface area contributed by atoms with Gasteiger partial charge >= 0.3 is 0 Å². The van der Waals surface area contributed by atoms with Crippen molar-refractivity contribution in [3.05, 3.63) is 109 Å². The van der Waals surface area contributed by atoms with Crippen molar-refractivity contribution >= 4 is 13.7 Å². The van der Waals surface area contributed by atoms with Crippen LogP contribution in [0.3, 0.4) is 0 Å². The summed E-state index contributed by atoms with van der Waals surface area (Å²) in [5.74, 6) is -0.211. The molecular weight excluding hydrogens is 1040 g/mol. The van der Waals surface area contributed by atoms with E-state index in [9.17, 15) is 19.4 Å². The molecule has 0 aliphatic heterocycles. The molecule has 0 fully saturated rings. The van der Waals surface area contributed by atoms with Crippen LogP contribution in [0.4, 0.5) is 0 Å². The van der Waals surface area contributed by atoms with Crippen molar-refractivity contribution in [2.75, 3.05) is 40.9 Å². The third-order valence-corrected chi connectivity index (χ3v) is 16.2. The second-order valence-corrected chi connectivity index (χ2v) is 25.9. The fraction of sp³-hybridized carbons (Fsp3) is 0.743. The highest BCUT2D eigenvalue weighted by Gasteiger charge is 2.23. The number of nitrogens with zero attached hydrogens (tertiary/aromatic N) is 1. The van der Waals surface area contributed by atoms with E-state index in [1.807, 2.05) is 27.2 Å². The number of likely N-dealkylation sites (N-methyl/N-ethyl adjacent to an activating group) is 1.